The van der Waals surface area contributed by atoms with Gasteiger partial charge < -0.3 is 5.32 Å². The molecule has 0 unspecified atom stereocenters. The summed E-state index contributed by atoms with van der Waals surface area (Å²) < 4.78 is 0. The Morgan fingerprint density at radius 1 is 1.31 bits per heavy atom. The number of hydrogen-bond donors (Lipinski definition) is 1. The molecule has 0 saturated carbocycles. The van der Waals surface area contributed by atoms with Crippen LogP contribution >= 0.6 is 0 Å². The fraction of sp³-hybridized carbons (Fsp3) is 0.545. The number of aromatic nitrogens is 1. The van der Waals surface area contributed by atoms with Crippen molar-refractivity contribution in [2.75, 3.05) is 13.1 Å². The molecule has 1 aromatic heterocycles. The summed E-state index contributed by atoms with van der Waals surface area (Å²) in [6, 6.07) is 2.27. The van der Waals surface area contributed by atoms with Crippen molar-refractivity contribution in [1.82, 2.24) is 10.3 Å². The Hall–Kier alpha value is -0.890. The van der Waals surface area contributed by atoms with Crippen molar-refractivity contribution >= 4 is 0 Å². The van der Waals surface area contributed by atoms with Gasteiger partial charge in [0, 0.05) is 12.4 Å². The van der Waals surface area contributed by atoms with Crippen molar-refractivity contribution in [3.63, 3.8) is 0 Å². The summed E-state index contributed by atoms with van der Waals surface area (Å²) >= 11 is 0. The number of hydrogen-bond acceptors (Lipinski definition) is 2. The zero-order valence-electron chi connectivity index (χ0n) is 8.09. The molecule has 0 aliphatic carbocycles. The third-order valence-corrected chi connectivity index (χ3v) is 2.71. The Morgan fingerprint density at radius 3 is 2.77 bits per heavy atom. The predicted molar refractivity (Wildman–Crippen MR) is 53.8 cm³/mol. The van der Waals surface area contributed by atoms with Gasteiger partial charge in [0.2, 0.25) is 0 Å². The second-order valence-electron chi connectivity index (χ2n) is 3.82. The van der Waals surface area contributed by atoms with Crippen LogP contribution in [0.25, 0.3) is 0 Å². The standard InChI is InChI=1S/C11H16N2/c1-9-6-11(8-13-7-9)10-2-4-12-5-3-10/h6-8,10,12H,2-5H2,1H3. The third kappa shape index (κ3) is 2.07. The van der Waals surface area contributed by atoms with Gasteiger partial charge in [-0.05, 0) is 49.9 Å². The second kappa shape index (κ2) is 3.88. The van der Waals surface area contributed by atoms with Gasteiger partial charge in [-0.15, -0.1) is 0 Å². The van der Waals surface area contributed by atoms with Crippen LogP contribution in [-0.2, 0) is 0 Å². The van der Waals surface area contributed by atoms with Crippen LogP contribution in [0, 0.1) is 6.92 Å². The molecule has 1 aliphatic heterocycles. The number of rotatable bonds is 1. The van der Waals surface area contributed by atoms with E-state index in [0.717, 1.165) is 19.0 Å². The maximum absolute atomic E-state index is 4.24. The number of nitrogens with one attached hydrogen (secondary N) is 1. The molecule has 1 N–H and O–H groups in total. The van der Waals surface area contributed by atoms with Gasteiger partial charge >= 0.3 is 0 Å². The summed E-state index contributed by atoms with van der Waals surface area (Å²) in [6.45, 7) is 4.41. The molecule has 2 nitrogen and oxygen atoms in total. The smallest absolute Gasteiger partial charge is 0.0302 e. The summed E-state index contributed by atoms with van der Waals surface area (Å²) in [4.78, 5) is 4.24. The summed E-state index contributed by atoms with van der Waals surface area (Å²) in [5.74, 6) is 0.730. The number of nitrogens with zero attached hydrogens (tertiary/aromatic N) is 1. The average molecular weight is 176 g/mol. The first-order valence-electron chi connectivity index (χ1n) is 4.98. The first kappa shape index (κ1) is 8.70. The minimum atomic E-state index is 0.730. The van der Waals surface area contributed by atoms with E-state index in [-0.39, 0.29) is 0 Å². The predicted octanol–water partition coefficient (Wildman–Crippen LogP) is 1.86. The van der Waals surface area contributed by atoms with Crippen LogP contribution in [0.2, 0.25) is 0 Å². The zero-order valence-corrected chi connectivity index (χ0v) is 8.09. The van der Waals surface area contributed by atoms with Crippen LogP contribution < -0.4 is 5.32 Å². The van der Waals surface area contributed by atoms with Gasteiger partial charge in [0.1, 0.15) is 0 Å². The molecule has 1 aliphatic rings. The third-order valence-electron chi connectivity index (χ3n) is 2.71. The van der Waals surface area contributed by atoms with Crippen molar-refractivity contribution in [3.05, 3.63) is 29.6 Å². The van der Waals surface area contributed by atoms with E-state index in [9.17, 15) is 0 Å². The largest absolute Gasteiger partial charge is 0.317 e. The maximum Gasteiger partial charge on any atom is 0.0302 e. The molecule has 1 saturated heterocycles. The van der Waals surface area contributed by atoms with Crippen LogP contribution in [-0.4, -0.2) is 18.1 Å². The molecule has 13 heavy (non-hydrogen) atoms. The van der Waals surface area contributed by atoms with Gasteiger partial charge in [-0.3, -0.25) is 4.98 Å². The first-order chi connectivity index (χ1) is 6.36. The Labute approximate surface area is 79.4 Å². The lowest BCUT2D eigenvalue weighted by Gasteiger charge is -2.22. The molecule has 1 fully saturated rings. The van der Waals surface area contributed by atoms with Crippen molar-refractivity contribution < 1.29 is 0 Å². The highest BCUT2D eigenvalue weighted by Crippen LogP contribution is 2.24. The highest BCUT2D eigenvalue weighted by Gasteiger charge is 2.14. The first-order valence-corrected chi connectivity index (χ1v) is 4.98. The second-order valence-corrected chi connectivity index (χ2v) is 3.82. The number of aryl methyl sites for hydroxylation is 1. The van der Waals surface area contributed by atoms with E-state index in [1.807, 2.05) is 12.4 Å². The molecule has 0 atom stereocenters. The van der Waals surface area contributed by atoms with Crippen molar-refractivity contribution in [1.29, 1.82) is 0 Å². The van der Waals surface area contributed by atoms with E-state index in [4.69, 9.17) is 0 Å². The maximum atomic E-state index is 4.24. The van der Waals surface area contributed by atoms with Crippen molar-refractivity contribution in [3.8, 4) is 0 Å². The summed E-state index contributed by atoms with van der Waals surface area (Å²) in [7, 11) is 0. The molecular weight excluding hydrogens is 160 g/mol. The van der Waals surface area contributed by atoms with Gasteiger partial charge in [-0.2, -0.15) is 0 Å². The van der Waals surface area contributed by atoms with Crippen molar-refractivity contribution in [2.45, 2.75) is 25.7 Å². The SMILES string of the molecule is Cc1cncc(C2CCNCC2)c1. The molecule has 0 spiro atoms. The highest BCUT2D eigenvalue weighted by molar-refractivity contribution is 5.21. The summed E-state index contributed by atoms with van der Waals surface area (Å²) in [5, 5.41) is 3.38. The molecular formula is C11H16N2. The molecule has 2 heteroatoms. The highest BCUT2D eigenvalue weighted by atomic mass is 14.9. The van der Waals surface area contributed by atoms with E-state index in [0.29, 0.717) is 0 Å². The summed E-state index contributed by atoms with van der Waals surface area (Å²) in [5.41, 5.74) is 2.69. The molecule has 0 aromatic carbocycles. The molecule has 70 valence electrons. The lowest BCUT2D eigenvalue weighted by Crippen LogP contribution is -2.26. The Bertz CT molecular complexity index is 277. The number of pyridine rings is 1. The lowest BCUT2D eigenvalue weighted by molar-refractivity contribution is 0.459. The van der Waals surface area contributed by atoms with Crippen molar-refractivity contribution in [2.24, 2.45) is 0 Å². The van der Waals surface area contributed by atoms with Crippen LogP contribution in [0.1, 0.15) is 29.9 Å². The fourth-order valence-electron chi connectivity index (χ4n) is 1.96. The molecule has 0 bridgehead atoms. The zero-order chi connectivity index (χ0) is 9.10. The van der Waals surface area contributed by atoms with Gasteiger partial charge in [-0.25, -0.2) is 0 Å². The van der Waals surface area contributed by atoms with E-state index in [1.54, 1.807) is 0 Å². The quantitative estimate of drug-likeness (QED) is 0.706. The molecule has 1 aromatic rings. The Balaban J connectivity index is 2.14. The molecule has 2 heterocycles. The topological polar surface area (TPSA) is 24.9 Å². The van der Waals surface area contributed by atoms with E-state index in [2.05, 4.69) is 23.3 Å². The minimum absolute atomic E-state index is 0.730. The fourth-order valence-corrected chi connectivity index (χ4v) is 1.96. The van der Waals surface area contributed by atoms with Crippen LogP contribution in [0.4, 0.5) is 0 Å². The molecule has 0 radical (unpaired) electrons. The molecule has 2 rings (SSSR count). The average Bonchev–Trinajstić information content (AvgIpc) is 2.19. The minimum Gasteiger partial charge on any atom is -0.317 e. The van der Waals surface area contributed by atoms with Gasteiger partial charge in [0.05, 0.1) is 0 Å². The van der Waals surface area contributed by atoms with Gasteiger partial charge in [0.25, 0.3) is 0 Å². The molecule has 0 amide bonds. The van der Waals surface area contributed by atoms with Crippen LogP contribution in [0.3, 0.4) is 0 Å². The van der Waals surface area contributed by atoms with Gasteiger partial charge in [0.15, 0.2) is 0 Å². The van der Waals surface area contributed by atoms with Crippen LogP contribution in [0.5, 0.6) is 0 Å². The normalized spacial score (nSPS) is 18.8. The van der Waals surface area contributed by atoms with E-state index in [1.165, 1.54) is 24.0 Å². The number of piperidine rings is 1. The van der Waals surface area contributed by atoms with Gasteiger partial charge in [-0.1, -0.05) is 6.07 Å². The Morgan fingerprint density at radius 2 is 2.08 bits per heavy atom. The monoisotopic (exact) mass is 176 g/mol. The summed E-state index contributed by atoms with van der Waals surface area (Å²) in [6.07, 6.45) is 6.45. The van der Waals surface area contributed by atoms with E-state index < -0.39 is 0 Å². The van der Waals surface area contributed by atoms with E-state index >= 15 is 0 Å². The van der Waals surface area contributed by atoms with Crippen LogP contribution in [0.15, 0.2) is 18.5 Å². The lowest BCUT2D eigenvalue weighted by atomic mass is 9.91. The Kier molecular flexibility index (Phi) is 2.60.